The number of hydrogen-bond donors (Lipinski definition) is 0. The second kappa shape index (κ2) is 4.23. The van der Waals surface area contributed by atoms with Crippen molar-refractivity contribution in [2.24, 2.45) is 5.92 Å². The third-order valence-electron chi connectivity index (χ3n) is 3.97. The summed E-state index contributed by atoms with van der Waals surface area (Å²) in [5.74, 6) is 0.345. The molecule has 1 saturated carbocycles. The first-order chi connectivity index (χ1) is 9.06. The molecule has 0 N–H and O–H groups in total. The average molecular weight is 279 g/mol. The van der Waals surface area contributed by atoms with Crippen LogP contribution in [0.2, 0.25) is 5.02 Å². The summed E-state index contributed by atoms with van der Waals surface area (Å²) in [5.41, 5.74) is 1.07. The predicted octanol–water partition coefficient (Wildman–Crippen LogP) is 2.83. The summed E-state index contributed by atoms with van der Waals surface area (Å²) in [4.78, 5) is 16.3. The van der Waals surface area contributed by atoms with Crippen LogP contribution in [0.1, 0.15) is 25.3 Å². The van der Waals surface area contributed by atoms with Crippen molar-refractivity contribution in [1.29, 1.82) is 0 Å². The molecule has 5 heteroatoms. The number of esters is 1. The van der Waals surface area contributed by atoms with Gasteiger partial charge in [-0.25, -0.2) is 4.98 Å². The van der Waals surface area contributed by atoms with Crippen LogP contribution >= 0.6 is 11.6 Å². The van der Waals surface area contributed by atoms with Gasteiger partial charge in [-0.3, -0.25) is 4.79 Å². The van der Waals surface area contributed by atoms with Crippen molar-refractivity contribution in [3.05, 3.63) is 35.2 Å². The van der Waals surface area contributed by atoms with Crippen molar-refractivity contribution in [3.8, 4) is 0 Å². The summed E-state index contributed by atoms with van der Waals surface area (Å²) in [6, 6.07) is 1.84. The molecule has 4 nitrogen and oxygen atoms in total. The fourth-order valence-corrected chi connectivity index (χ4v) is 3.36. The van der Waals surface area contributed by atoms with E-state index in [1.165, 1.54) is 7.11 Å². The molecule has 0 radical (unpaired) electrons. The third-order valence-corrected chi connectivity index (χ3v) is 4.24. The van der Waals surface area contributed by atoms with E-state index in [4.69, 9.17) is 16.3 Å². The maximum atomic E-state index is 12.2. The molecule has 19 heavy (non-hydrogen) atoms. The summed E-state index contributed by atoms with van der Waals surface area (Å²) in [7, 11) is 1.43. The lowest BCUT2D eigenvalue weighted by Gasteiger charge is -2.44. The zero-order valence-electron chi connectivity index (χ0n) is 10.9. The Labute approximate surface area is 116 Å². The first kappa shape index (κ1) is 12.5. The summed E-state index contributed by atoms with van der Waals surface area (Å²) < 4.78 is 6.84. The molecule has 1 aliphatic rings. The van der Waals surface area contributed by atoms with Gasteiger partial charge >= 0.3 is 5.97 Å². The number of imidazole rings is 1. The summed E-state index contributed by atoms with van der Waals surface area (Å²) >= 11 is 6.24. The monoisotopic (exact) mass is 278 g/mol. The van der Waals surface area contributed by atoms with E-state index in [0.29, 0.717) is 16.6 Å². The van der Waals surface area contributed by atoms with E-state index in [-0.39, 0.29) is 5.97 Å². The summed E-state index contributed by atoms with van der Waals surface area (Å²) in [6.07, 6.45) is 7.06. The highest BCUT2D eigenvalue weighted by Crippen LogP contribution is 2.49. The highest BCUT2D eigenvalue weighted by molar-refractivity contribution is 6.33. The minimum Gasteiger partial charge on any atom is -0.468 e. The standard InChI is InChI=1S/C14H15ClN2O2/c1-9-6-14(7-9,13(18)19-2)10-5-11(15)12-16-3-4-17(12)8-10/h3-5,8-9H,6-7H2,1-2H3. The van der Waals surface area contributed by atoms with Gasteiger partial charge in [0.2, 0.25) is 0 Å². The molecule has 2 aromatic heterocycles. The number of methoxy groups -OCH3 is 1. The third kappa shape index (κ3) is 1.74. The van der Waals surface area contributed by atoms with Gasteiger partial charge in [-0.15, -0.1) is 0 Å². The second-order valence-electron chi connectivity index (χ2n) is 5.32. The molecule has 1 fully saturated rings. The maximum Gasteiger partial charge on any atom is 0.316 e. The van der Waals surface area contributed by atoms with Crippen LogP contribution in [0.4, 0.5) is 0 Å². The topological polar surface area (TPSA) is 43.6 Å². The Morgan fingerprint density at radius 3 is 2.95 bits per heavy atom. The van der Waals surface area contributed by atoms with Crippen molar-refractivity contribution < 1.29 is 9.53 Å². The Morgan fingerprint density at radius 1 is 1.58 bits per heavy atom. The largest absolute Gasteiger partial charge is 0.468 e. The number of pyridine rings is 1. The number of rotatable bonds is 2. The minimum absolute atomic E-state index is 0.180. The quantitative estimate of drug-likeness (QED) is 0.794. The molecule has 1 aliphatic carbocycles. The van der Waals surface area contributed by atoms with E-state index in [1.807, 2.05) is 22.9 Å². The SMILES string of the molecule is COC(=O)C1(c2cc(Cl)c3nccn3c2)CC(C)C1. The van der Waals surface area contributed by atoms with Gasteiger partial charge < -0.3 is 9.14 Å². The average Bonchev–Trinajstić information content (AvgIpc) is 2.82. The molecule has 0 spiro atoms. The fraction of sp³-hybridized carbons (Fsp3) is 0.429. The van der Waals surface area contributed by atoms with Crippen LogP contribution in [-0.2, 0) is 14.9 Å². The van der Waals surface area contributed by atoms with Crippen LogP contribution in [0.15, 0.2) is 24.7 Å². The van der Waals surface area contributed by atoms with E-state index < -0.39 is 5.41 Å². The molecule has 3 rings (SSSR count). The lowest BCUT2D eigenvalue weighted by molar-refractivity contribution is -0.153. The minimum atomic E-state index is -0.545. The predicted molar refractivity (Wildman–Crippen MR) is 72.3 cm³/mol. The smallest absolute Gasteiger partial charge is 0.316 e. The first-order valence-electron chi connectivity index (χ1n) is 6.28. The number of ether oxygens (including phenoxy) is 1. The zero-order valence-corrected chi connectivity index (χ0v) is 11.6. The highest BCUT2D eigenvalue weighted by Gasteiger charge is 2.51. The molecule has 100 valence electrons. The van der Waals surface area contributed by atoms with Gasteiger partial charge in [0.25, 0.3) is 0 Å². The lowest BCUT2D eigenvalue weighted by Crippen LogP contribution is -2.47. The Balaban J connectivity index is 2.13. The van der Waals surface area contributed by atoms with E-state index >= 15 is 0 Å². The van der Waals surface area contributed by atoms with E-state index in [1.54, 1.807) is 6.20 Å². The normalized spacial score (nSPS) is 26.2. The Morgan fingerprint density at radius 2 is 2.32 bits per heavy atom. The van der Waals surface area contributed by atoms with Crippen molar-refractivity contribution in [2.75, 3.05) is 7.11 Å². The van der Waals surface area contributed by atoms with Gasteiger partial charge in [0.1, 0.15) is 0 Å². The van der Waals surface area contributed by atoms with Gasteiger partial charge in [-0.05, 0) is 30.4 Å². The van der Waals surface area contributed by atoms with Crippen LogP contribution in [0.3, 0.4) is 0 Å². The van der Waals surface area contributed by atoms with Gasteiger partial charge in [0, 0.05) is 18.6 Å². The zero-order chi connectivity index (χ0) is 13.6. The summed E-state index contributed by atoms with van der Waals surface area (Å²) in [6.45, 7) is 2.14. The van der Waals surface area contributed by atoms with Crippen molar-refractivity contribution in [2.45, 2.75) is 25.2 Å². The van der Waals surface area contributed by atoms with Crippen molar-refractivity contribution in [3.63, 3.8) is 0 Å². The van der Waals surface area contributed by atoms with Crippen LogP contribution in [-0.4, -0.2) is 22.5 Å². The molecule has 2 aromatic rings. The molecule has 0 unspecified atom stereocenters. The Hall–Kier alpha value is -1.55. The molecule has 0 saturated heterocycles. The molecular formula is C14H15ClN2O2. The molecule has 0 amide bonds. The maximum absolute atomic E-state index is 12.2. The van der Waals surface area contributed by atoms with Crippen molar-refractivity contribution in [1.82, 2.24) is 9.38 Å². The van der Waals surface area contributed by atoms with Crippen molar-refractivity contribution >= 4 is 23.2 Å². The molecular weight excluding hydrogens is 264 g/mol. The van der Waals surface area contributed by atoms with Gasteiger partial charge in [-0.2, -0.15) is 0 Å². The molecule has 0 aliphatic heterocycles. The number of fused-ring (bicyclic) bond motifs is 1. The molecule has 0 atom stereocenters. The highest BCUT2D eigenvalue weighted by atomic mass is 35.5. The number of halogens is 1. The number of carbonyl (C=O) groups is 1. The lowest BCUT2D eigenvalue weighted by atomic mass is 9.59. The number of carbonyl (C=O) groups excluding carboxylic acids is 1. The molecule has 2 heterocycles. The Kier molecular flexibility index (Phi) is 2.78. The van der Waals surface area contributed by atoms with Crippen LogP contribution in [0.25, 0.3) is 5.65 Å². The number of aromatic nitrogens is 2. The number of nitrogens with zero attached hydrogens (tertiary/aromatic N) is 2. The molecule has 0 aromatic carbocycles. The van der Waals surface area contributed by atoms with E-state index in [0.717, 1.165) is 18.4 Å². The van der Waals surface area contributed by atoms with E-state index in [9.17, 15) is 4.79 Å². The van der Waals surface area contributed by atoms with E-state index in [2.05, 4.69) is 11.9 Å². The second-order valence-corrected chi connectivity index (χ2v) is 5.73. The first-order valence-corrected chi connectivity index (χ1v) is 6.66. The van der Waals surface area contributed by atoms with Gasteiger partial charge in [-0.1, -0.05) is 18.5 Å². The summed E-state index contributed by atoms with van der Waals surface area (Å²) in [5, 5.41) is 0.560. The van der Waals surface area contributed by atoms with Crippen LogP contribution in [0, 0.1) is 5.92 Å². The van der Waals surface area contributed by atoms with Crippen LogP contribution < -0.4 is 0 Å². The van der Waals surface area contributed by atoms with Gasteiger partial charge in [0.05, 0.1) is 17.5 Å². The molecule has 0 bridgehead atoms. The van der Waals surface area contributed by atoms with Gasteiger partial charge in [0.15, 0.2) is 5.65 Å². The Bertz CT molecular complexity index is 644. The number of hydrogen-bond acceptors (Lipinski definition) is 3. The fourth-order valence-electron chi connectivity index (χ4n) is 3.10. The van der Waals surface area contributed by atoms with Crippen LogP contribution in [0.5, 0.6) is 0 Å².